The van der Waals surface area contributed by atoms with Gasteiger partial charge < -0.3 is 10.6 Å². The number of rotatable bonds is 2. The van der Waals surface area contributed by atoms with E-state index < -0.39 is 0 Å². The molecule has 1 aliphatic rings. The van der Waals surface area contributed by atoms with Crippen LogP contribution in [-0.2, 0) is 11.2 Å². The summed E-state index contributed by atoms with van der Waals surface area (Å²) in [4.78, 5) is 12.1. The average molecular weight is 293 g/mol. The van der Waals surface area contributed by atoms with E-state index in [1.165, 1.54) is 12.1 Å². The van der Waals surface area contributed by atoms with E-state index in [0.717, 1.165) is 11.3 Å². The van der Waals surface area contributed by atoms with Crippen molar-refractivity contribution >= 4 is 29.7 Å². The summed E-state index contributed by atoms with van der Waals surface area (Å²) in [6.45, 7) is 0. The van der Waals surface area contributed by atoms with Crippen molar-refractivity contribution in [2.24, 2.45) is 0 Å². The van der Waals surface area contributed by atoms with Crippen molar-refractivity contribution in [2.45, 2.75) is 12.5 Å². The fourth-order valence-electron chi connectivity index (χ4n) is 2.22. The van der Waals surface area contributed by atoms with Crippen LogP contribution in [0, 0.1) is 5.82 Å². The number of carbonyl (C=O) groups excluding carboxylic acids is 1. The Bertz CT molecular complexity index is 591. The van der Waals surface area contributed by atoms with Crippen LogP contribution in [0.2, 0.25) is 0 Å². The average Bonchev–Trinajstić information content (AvgIpc) is 2.85. The van der Waals surface area contributed by atoms with Crippen LogP contribution in [0.25, 0.3) is 0 Å². The fourth-order valence-corrected chi connectivity index (χ4v) is 2.22. The van der Waals surface area contributed by atoms with E-state index in [9.17, 15) is 9.18 Å². The van der Waals surface area contributed by atoms with Crippen molar-refractivity contribution < 1.29 is 9.18 Å². The van der Waals surface area contributed by atoms with Gasteiger partial charge in [0, 0.05) is 17.8 Å². The first-order chi connectivity index (χ1) is 9.22. The Morgan fingerprint density at radius 2 is 1.85 bits per heavy atom. The van der Waals surface area contributed by atoms with Crippen LogP contribution in [0.1, 0.15) is 5.56 Å². The van der Waals surface area contributed by atoms with Gasteiger partial charge in [-0.15, -0.1) is 12.4 Å². The van der Waals surface area contributed by atoms with Crippen LogP contribution in [0.5, 0.6) is 0 Å². The molecule has 20 heavy (non-hydrogen) atoms. The van der Waals surface area contributed by atoms with Crippen LogP contribution >= 0.6 is 12.4 Å². The maximum atomic E-state index is 12.8. The lowest BCUT2D eigenvalue weighted by molar-refractivity contribution is -0.116. The zero-order valence-corrected chi connectivity index (χ0v) is 11.4. The van der Waals surface area contributed by atoms with Crippen LogP contribution in [-0.4, -0.2) is 11.9 Å². The van der Waals surface area contributed by atoms with Crippen molar-refractivity contribution in [2.75, 3.05) is 10.6 Å². The molecule has 0 aromatic heterocycles. The number of amides is 1. The Labute approximate surface area is 122 Å². The van der Waals surface area contributed by atoms with Gasteiger partial charge in [0.2, 0.25) is 5.91 Å². The molecule has 2 aromatic rings. The molecule has 0 aliphatic carbocycles. The Hall–Kier alpha value is -2.07. The van der Waals surface area contributed by atoms with Crippen molar-refractivity contribution in [3.8, 4) is 0 Å². The highest BCUT2D eigenvalue weighted by molar-refractivity contribution is 5.98. The molecule has 3 nitrogen and oxygen atoms in total. The van der Waals surface area contributed by atoms with Gasteiger partial charge in [0.05, 0.1) is 0 Å². The third-order valence-corrected chi connectivity index (χ3v) is 3.20. The Balaban J connectivity index is 0.00000147. The molecule has 1 atom stereocenters. The number of nitrogens with one attached hydrogen (secondary N) is 2. The van der Waals surface area contributed by atoms with Crippen LogP contribution in [0.4, 0.5) is 15.8 Å². The molecule has 0 fully saturated rings. The van der Waals surface area contributed by atoms with Gasteiger partial charge in [0.1, 0.15) is 11.9 Å². The second-order valence-electron chi connectivity index (χ2n) is 4.55. The van der Waals surface area contributed by atoms with E-state index in [0.29, 0.717) is 12.1 Å². The zero-order chi connectivity index (χ0) is 13.2. The van der Waals surface area contributed by atoms with Crippen molar-refractivity contribution in [3.63, 3.8) is 0 Å². The molecule has 104 valence electrons. The lowest BCUT2D eigenvalue weighted by Crippen LogP contribution is -2.32. The minimum absolute atomic E-state index is 0. The number of hydrogen-bond acceptors (Lipinski definition) is 2. The lowest BCUT2D eigenvalue weighted by Gasteiger charge is -2.11. The first-order valence-corrected chi connectivity index (χ1v) is 6.13. The maximum Gasteiger partial charge on any atom is 0.247 e. The number of benzene rings is 2. The topological polar surface area (TPSA) is 41.1 Å². The van der Waals surface area contributed by atoms with E-state index in [-0.39, 0.29) is 30.2 Å². The number of anilines is 2. The SMILES string of the molecule is Cl.O=C(Nc1ccc(F)cc1)C1Cc2ccccc2N1. The predicted molar refractivity (Wildman–Crippen MR) is 79.8 cm³/mol. The summed E-state index contributed by atoms with van der Waals surface area (Å²) in [5, 5.41) is 5.96. The standard InChI is InChI=1S/C15H13FN2O.ClH/c16-11-5-7-12(8-6-11)17-15(19)14-9-10-3-1-2-4-13(10)18-14;/h1-8,14,18H,9H2,(H,17,19);1H. The number of halogens is 2. The van der Waals surface area contributed by atoms with E-state index in [1.807, 2.05) is 24.3 Å². The molecule has 1 aliphatic heterocycles. The second kappa shape index (κ2) is 5.92. The second-order valence-corrected chi connectivity index (χ2v) is 4.55. The quantitative estimate of drug-likeness (QED) is 0.892. The summed E-state index contributed by atoms with van der Waals surface area (Å²) >= 11 is 0. The summed E-state index contributed by atoms with van der Waals surface area (Å²) in [6, 6.07) is 13.3. The van der Waals surface area contributed by atoms with Crippen molar-refractivity contribution in [1.29, 1.82) is 0 Å². The number of para-hydroxylation sites is 1. The molecule has 5 heteroatoms. The maximum absolute atomic E-state index is 12.8. The van der Waals surface area contributed by atoms with Gasteiger partial charge in [-0.05, 0) is 35.9 Å². The highest BCUT2D eigenvalue weighted by atomic mass is 35.5. The van der Waals surface area contributed by atoms with E-state index >= 15 is 0 Å². The summed E-state index contributed by atoms with van der Waals surface area (Å²) in [6.07, 6.45) is 0.670. The van der Waals surface area contributed by atoms with E-state index in [1.54, 1.807) is 12.1 Å². The first-order valence-electron chi connectivity index (χ1n) is 6.13. The molecule has 2 aromatic carbocycles. The Morgan fingerprint density at radius 1 is 1.15 bits per heavy atom. The molecular formula is C15H14ClFN2O. The monoisotopic (exact) mass is 292 g/mol. The molecule has 1 unspecified atom stereocenters. The first kappa shape index (κ1) is 14.3. The third kappa shape index (κ3) is 2.91. The summed E-state index contributed by atoms with van der Waals surface area (Å²) < 4.78 is 12.8. The minimum atomic E-state index is -0.315. The molecule has 1 amide bonds. The van der Waals surface area contributed by atoms with E-state index in [2.05, 4.69) is 10.6 Å². The van der Waals surface area contributed by atoms with Crippen LogP contribution in [0.15, 0.2) is 48.5 Å². The molecule has 1 heterocycles. The molecule has 0 saturated carbocycles. The lowest BCUT2D eigenvalue weighted by atomic mass is 10.1. The van der Waals surface area contributed by atoms with E-state index in [4.69, 9.17) is 0 Å². The normalized spacial score (nSPS) is 15.8. The zero-order valence-electron chi connectivity index (χ0n) is 10.6. The van der Waals surface area contributed by atoms with Gasteiger partial charge in [-0.3, -0.25) is 4.79 Å². The molecule has 0 bridgehead atoms. The highest BCUT2D eigenvalue weighted by Crippen LogP contribution is 2.25. The summed E-state index contributed by atoms with van der Waals surface area (Å²) in [5.74, 6) is -0.424. The van der Waals surface area contributed by atoms with Gasteiger partial charge >= 0.3 is 0 Å². The Kier molecular flexibility index (Phi) is 4.25. The van der Waals surface area contributed by atoms with Gasteiger partial charge in [-0.25, -0.2) is 4.39 Å². The smallest absolute Gasteiger partial charge is 0.247 e. The molecular weight excluding hydrogens is 279 g/mol. The van der Waals surface area contributed by atoms with Gasteiger partial charge in [-0.2, -0.15) is 0 Å². The van der Waals surface area contributed by atoms with Crippen molar-refractivity contribution in [1.82, 2.24) is 0 Å². The van der Waals surface area contributed by atoms with Gasteiger partial charge in [-0.1, -0.05) is 18.2 Å². The predicted octanol–water partition coefficient (Wildman–Crippen LogP) is 3.22. The molecule has 2 N–H and O–H groups in total. The molecule has 0 saturated heterocycles. The van der Waals surface area contributed by atoms with Crippen LogP contribution in [0.3, 0.4) is 0 Å². The van der Waals surface area contributed by atoms with Gasteiger partial charge in [0.25, 0.3) is 0 Å². The molecule has 0 radical (unpaired) electrons. The summed E-state index contributed by atoms with van der Waals surface area (Å²) in [7, 11) is 0. The van der Waals surface area contributed by atoms with Gasteiger partial charge in [0.15, 0.2) is 0 Å². The number of hydrogen-bond donors (Lipinski definition) is 2. The molecule has 0 spiro atoms. The molecule has 3 rings (SSSR count). The fraction of sp³-hybridized carbons (Fsp3) is 0.133. The largest absolute Gasteiger partial charge is 0.373 e. The highest BCUT2D eigenvalue weighted by Gasteiger charge is 2.26. The Morgan fingerprint density at radius 3 is 2.55 bits per heavy atom. The minimum Gasteiger partial charge on any atom is -0.373 e. The number of carbonyl (C=O) groups is 1. The van der Waals surface area contributed by atoms with Crippen molar-refractivity contribution in [3.05, 3.63) is 59.9 Å². The third-order valence-electron chi connectivity index (χ3n) is 3.20. The van der Waals surface area contributed by atoms with Crippen LogP contribution < -0.4 is 10.6 Å². The number of fused-ring (bicyclic) bond motifs is 1. The summed E-state index contributed by atoms with van der Waals surface area (Å²) in [5.41, 5.74) is 2.74.